The molecule has 1 saturated carbocycles. The van der Waals surface area contributed by atoms with Crippen LogP contribution in [0.15, 0.2) is 42.0 Å². The van der Waals surface area contributed by atoms with E-state index >= 15 is 0 Å². The number of aromatic amines is 1. The number of nitrogens with zero attached hydrogens (tertiary/aromatic N) is 3. The molecule has 0 radical (unpaired) electrons. The number of benzene rings is 1. The Morgan fingerprint density at radius 2 is 1.95 bits per heavy atom. The van der Waals surface area contributed by atoms with Gasteiger partial charge in [-0.3, -0.25) is 10.1 Å². The number of likely N-dealkylation sites (N-methyl/N-ethyl adjacent to an activating group) is 1. The van der Waals surface area contributed by atoms with Gasteiger partial charge in [-0.2, -0.15) is 5.10 Å². The van der Waals surface area contributed by atoms with Gasteiger partial charge in [-0.15, -0.1) is 0 Å². The van der Waals surface area contributed by atoms with Crippen LogP contribution in [0.25, 0.3) is 5.70 Å². The summed E-state index contributed by atoms with van der Waals surface area (Å²) in [5.74, 6) is 1.69. The Kier molecular flexibility index (Phi) is 2.86. The second-order valence-corrected chi connectivity index (χ2v) is 6.08. The van der Waals surface area contributed by atoms with Crippen LogP contribution in [0, 0.1) is 0 Å². The molecule has 0 bridgehead atoms. The van der Waals surface area contributed by atoms with Gasteiger partial charge in [0.15, 0.2) is 5.82 Å². The minimum absolute atomic E-state index is 0.699. The predicted octanol–water partition coefficient (Wildman–Crippen LogP) is 3.39. The van der Waals surface area contributed by atoms with Crippen molar-refractivity contribution in [1.29, 1.82) is 0 Å². The number of rotatable bonds is 3. The number of hydrogen-bond acceptors (Lipinski definition) is 3. The first-order valence-electron chi connectivity index (χ1n) is 7.55. The fourth-order valence-corrected chi connectivity index (χ4v) is 3.13. The molecule has 0 amide bonds. The second kappa shape index (κ2) is 4.74. The summed E-state index contributed by atoms with van der Waals surface area (Å²) in [5.41, 5.74) is 5.15. The van der Waals surface area contributed by atoms with Gasteiger partial charge in [-0.05, 0) is 30.9 Å². The molecule has 1 aromatic heterocycles. The molecule has 4 heteroatoms. The van der Waals surface area contributed by atoms with Gasteiger partial charge in [-0.25, -0.2) is 5.01 Å². The number of H-pyrrole nitrogens is 1. The molecule has 21 heavy (non-hydrogen) atoms. The van der Waals surface area contributed by atoms with E-state index in [0.29, 0.717) is 5.92 Å². The maximum atomic E-state index is 4.55. The smallest absolute Gasteiger partial charge is 0.169 e. The first-order valence-corrected chi connectivity index (χ1v) is 7.55. The number of nitrogens with one attached hydrogen (secondary N) is 1. The van der Waals surface area contributed by atoms with Crippen LogP contribution < -0.4 is 5.01 Å². The fourth-order valence-electron chi connectivity index (χ4n) is 3.13. The van der Waals surface area contributed by atoms with E-state index in [1.165, 1.54) is 35.4 Å². The highest BCUT2D eigenvalue weighted by Crippen LogP contribution is 2.41. The predicted molar refractivity (Wildman–Crippen MR) is 84.7 cm³/mol. The van der Waals surface area contributed by atoms with Crippen molar-refractivity contribution in [2.24, 2.45) is 0 Å². The molecule has 2 heterocycles. The SMILES string of the molecule is CC1=C(c2ccccc2)N(c2cc(C3CC3)[nH]n2)N(C)C1. The molecule has 108 valence electrons. The Labute approximate surface area is 125 Å². The van der Waals surface area contributed by atoms with E-state index in [1.807, 2.05) is 0 Å². The van der Waals surface area contributed by atoms with E-state index in [2.05, 4.69) is 70.6 Å². The summed E-state index contributed by atoms with van der Waals surface area (Å²) in [5, 5.41) is 12.2. The summed E-state index contributed by atoms with van der Waals surface area (Å²) >= 11 is 0. The molecular weight excluding hydrogens is 260 g/mol. The molecule has 2 aromatic rings. The first-order chi connectivity index (χ1) is 10.2. The average Bonchev–Trinajstić information content (AvgIpc) is 3.15. The highest BCUT2D eigenvalue weighted by molar-refractivity contribution is 5.81. The summed E-state index contributed by atoms with van der Waals surface area (Å²) < 4.78 is 0. The molecule has 0 spiro atoms. The van der Waals surface area contributed by atoms with Gasteiger partial charge in [0.25, 0.3) is 0 Å². The fraction of sp³-hybridized carbons (Fsp3) is 0.353. The van der Waals surface area contributed by atoms with Crippen molar-refractivity contribution in [2.45, 2.75) is 25.7 Å². The topological polar surface area (TPSA) is 35.2 Å². The quantitative estimate of drug-likeness (QED) is 0.936. The third kappa shape index (κ3) is 2.16. The molecule has 4 rings (SSSR count). The first kappa shape index (κ1) is 12.7. The second-order valence-electron chi connectivity index (χ2n) is 6.08. The molecule has 1 aromatic carbocycles. The lowest BCUT2D eigenvalue weighted by Crippen LogP contribution is -2.33. The minimum Gasteiger partial charge on any atom is -0.280 e. The van der Waals surface area contributed by atoms with Crippen LogP contribution >= 0.6 is 0 Å². The molecule has 1 aliphatic carbocycles. The van der Waals surface area contributed by atoms with Crippen LogP contribution in [0.1, 0.15) is 36.9 Å². The van der Waals surface area contributed by atoms with Crippen molar-refractivity contribution in [3.8, 4) is 0 Å². The number of hydrazine groups is 1. The lowest BCUT2D eigenvalue weighted by molar-refractivity contribution is 0.393. The molecule has 0 atom stereocenters. The van der Waals surface area contributed by atoms with Crippen LogP contribution in [0.5, 0.6) is 0 Å². The van der Waals surface area contributed by atoms with E-state index in [0.717, 1.165) is 12.4 Å². The van der Waals surface area contributed by atoms with Crippen molar-refractivity contribution in [1.82, 2.24) is 15.2 Å². The van der Waals surface area contributed by atoms with Crippen LogP contribution in [-0.2, 0) is 0 Å². The molecule has 0 unspecified atom stereocenters. The normalized spacial score (nSPS) is 19.6. The highest BCUT2D eigenvalue weighted by atomic mass is 15.7. The Morgan fingerprint density at radius 1 is 1.19 bits per heavy atom. The number of hydrogen-bond donors (Lipinski definition) is 1. The Morgan fingerprint density at radius 3 is 2.67 bits per heavy atom. The zero-order chi connectivity index (χ0) is 14.4. The van der Waals surface area contributed by atoms with E-state index in [1.54, 1.807) is 0 Å². The van der Waals surface area contributed by atoms with Crippen LogP contribution in [0.3, 0.4) is 0 Å². The summed E-state index contributed by atoms with van der Waals surface area (Å²) in [4.78, 5) is 0. The molecule has 1 aliphatic heterocycles. The van der Waals surface area contributed by atoms with Crippen molar-refractivity contribution in [3.05, 3.63) is 53.2 Å². The monoisotopic (exact) mass is 280 g/mol. The van der Waals surface area contributed by atoms with Crippen molar-refractivity contribution in [3.63, 3.8) is 0 Å². The molecule has 1 fully saturated rings. The van der Waals surface area contributed by atoms with Crippen LogP contribution in [-0.4, -0.2) is 28.8 Å². The molecule has 4 nitrogen and oxygen atoms in total. The Hall–Kier alpha value is -2.07. The van der Waals surface area contributed by atoms with E-state index in [4.69, 9.17) is 0 Å². The molecule has 1 N–H and O–H groups in total. The summed E-state index contributed by atoms with van der Waals surface area (Å²) in [6.45, 7) is 3.14. The van der Waals surface area contributed by atoms with E-state index in [9.17, 15) is 0 Å². The number of aromatic nitrogens is 2. The van der Waals surface area contributed by atoms with Gasteiger partial charge in [0.05, 0.1) is 5.70 Å². The minimum atomic E-state index is 0.699. The lowest BCUT2D eigenvalue weighted by Gasteiger charge is -2.27. The Bertz CT molecular complexity index is 682. The highest BCUT2D eigenvalue weighted by Gasteiger charge is 2.31. The average molecular weight is 280 g/mol. The van der Waals surface area contributed by atoms with Crippen LogP contribution in [0.4, 0.5) is 5.82 Å². The van der Waals surface area contributed by atoms with Gasteiger partial charge in [0, 0.05) is 31.3 Å². The maximum absolute atomic E-state index is 4.55. The van der Waals surface area contributed by atoms with Crippen molar-refractivity contribution < 1.29 is 0 Å². The van der Waals surface area contributed by atoms with Crippen molar-refractivity contribution >= 4 is 11.5 Å². The van der Waals surface area contributed by atoms with Gasteiger partial charge < -0.3 is 0 Å². The van der Waals surface area contributed by atoms with E-state index in [-0.39, 0.29) is 0 Å². The summed E-state index contributed by atoms with van der Waals surface area (Å²) in [6, 6.07) is 12.8. The third-order valence-electron chi connectivity index (χ3n) is 4.29. The van der Waals surface area contributed by atoms with E-state index < -0.39 is 0 Å². The largest absolute Gasteiger partial charge is 0.280 e. The zero-order valence-electron chi connectivity index (χ0n) is 12.5. The summed E-state index contributed by atoms with van der Waals surface area (Å²) in [7, 11) is 2.12. The maximum Gasteiger partial charge on any atom is 0.169 e. The van der Waals surface area contributed by atoms with Crippen molar-refractivity contribution in [2.75, 3.05) is 18.6 Å². The van der Waals surface area contributed by atoms with Gasteiger partial charge >= 0.3 is 0 Å². The summed E-state index contributed by atoms with van der Waals surface area (Å²) in [6.07, 6.45) is 2.58. The molecule has 0 saturated heterocycles. The third-order valence-corrected chi connectivity index (χ3v) is 4.29. The molecule has 2 aliphatic rings. The van der Waals surface area contributed by atoms with Gasteiger partial charge in [0.1, 0.15) is 0 Å². The van der Waals surface area contributed by atoms with Crippen LogP contribution in [0.2, 0.25) is 0 Å². The Balaban J connectivity index is 1.74. The van der Waals surface area contributed by atoms with Gasteiger partial charge in [0.2, 0.25) is 0 Å². The molecular formula is C17H20N4. The number of anilines is 1. The zero-order valence-corrected chi connectivity index (χ0v) is 12.5. The standard InChI is InChI=1S/C17H20N4/c1-12-11-20(2)21(17(12)14-6-4-3-5-7-14)16-10-15(18-19-16)13-8-9-13/h3-7,10,13H,8-9,11H2,1-2H3,(H,18,19). The lowest BCUT2D eigenvalue weighted by atomic mass is 10.1. The van der Waals surface area contributed by atoms with Gasteiger partial charge in [-0.1, -0.05) is 30.3 Å².